The van der Waals surface area contributed by atoms with Crippen LogP contribution in [0.15, 0.2) is 60.7 Å². The number of halogens is 3. The monoisotopic (exact) mass is 302 g/mol. The maximum atomic E-state index is 12.7. The molecule has 0 saturated heterocycles. The zero-order chi connectivity index (χ0) is 15.6. The van der Waals surface area contributed by atoms with Gasteiger partial charge in [0.05, 0.1) is 17.0 Å². The number of rotatable bonds is 3. The van der Waals surface area contributed by atoms with E-state index in [2.05, 4.69) is 10.2 Å². The molecule has 22 heavy (non-hydrogen) atoms. The number of nitrogens with zero attached hydrogens (tertiary/aromatic N) is 1. The topological polar surface area (TPSA) is 28.7 Å². The largest absolute Gasteiger partial charge is 0.416 e. The second-order valence-electron chi connectivity index (χ2n) is 5.01. The number of hydrogen-bond donors (Lipinski definition) is 1. The predicted molar refractivity (Wildman–Crippen MR) is 78.3 cm³/mol. The first-order valence-electron chi connectivity index (χ1n) is 6.78. The van der Waals surface area contributed by atoms with Gasteiger partial charge in [0.2, 0.25) is 0 Å². The molecule has 0 unspecified atom stereocenters. The minimum Gasteiger partial charge on any atom is -0.278 e. The van der Waals surface area contributed by atoms with E-state index in [0.29, 0.717) is 17.7 Å². The lowest BCUT2D eigenvalue weighted by molar-refractivity contribution is -0.137. The number of alkyl halides is 3. The molecule has 0 aliphatic heterocycles. The molecule has 0 bridgehead atoms. The molecule has 0 spiro atoms. The number of aromatic amines is 1. The molecule has 0 saturated carbocycles. The third-order valence-corrected chi connectivity index (χ3v) is 3.36. The van der Waals surface area contributed by atoms with Crippen LogP contribution in [-0.4, -0.2) is 10.2 Å². The van der Waals surface area contributed by atoms with Crippen LogP contribution >= 0.6 is 0 Å². The van der Waals surface area contributed by atoms with Crippen molar-refractivity contribution < 1.29 is 13.2 Å². The zero-order valence-corrected chi connectivity index (χ0v) is 11.6. The fourth-order valence-corrected chi connectivity index (χ4v) is 2.29. The molecule has 1 N–H and O–H groups in total. The highest BCUT2D eigenvalue weighted by Gasteiger charge is 2.30. The third-order valence-electron chi connectivity index (χ3n) is 3.36. The lowest BCUT2D eigenvalue weighted by Crippen LogP contribution is -2.05. The van der Waals surface area contributed by atoms with Crippen molar-refractivity contribution >= 4 is 0 Å². The van der Waals surface area contributed by atoms with E-state index in [1.165, 1.54) is 6.07 Å². The maximum absolute atomic E-state index is 12.7. The predicted octanol–water partition coefficient (Wildman–Crippen LogP) is 4.69. The Morgan fingerprint density at radius 2 is 1.68 bits per heavy atom. The van der Waals surface area contributed by atoms with E-state index in [0.717, 1.165) is 23.4 Å². The van der Waals surface area contributed by atoms with Gasteiger partial charge < -0.3 is 0 Å². The van der Waals surface area contributed by atoms with Crippen molar-refractivity contribution in [3.63, 3.8) is 0 Å². The van der Waals surface area contributed by atoms with Crippen LogP contribution in [0.1, 0.15) is 16.8 Å². The maximum Gasteiger partial charge on any atom is 0.416 e. The van der Waals surface area contributed by atoms with Gasteiger partial charge in [0.1, 0.15) is 0 Å². The Labute approximate surface area is 125 Å². The van der Waals surface area contributed by atoms with E-state index in [1.54, 1.807) is 6.07 Å². The lowest BCUT2D eigenvalue weighted by atomic mass is 10.1. The van der Waals surface area contributed by atoms with Crippen LogP contribution in [-0.2, 0) is 12.6 Å². The number of H-pyrrole nitrogens is 1. The Morgan fingerprint density at radius 1 is 0.909 bits per heavy atom. The summed E-state index contributed by atoms with van der Waals surface area (Å²) in [6.07, 6.45) is -3.97. The summed E-state index contributed by atoms with van der Waals surface area (Å²) in [6.45, 7) is 0. The molecular formula is C17H13F3N2. The van der Waals surface area contributed by atoms with Crippen LogP contribution in [0.4, 0.5) is 13.2 Å². The van der Waals surface area contributed by atoms with E-state index in [4.69, 9.17) is 0 Å². The molecule has 0 atom stereocenters. The minimum atomic E-state index is -4.32. The summed E-state index contributed by atoms with van der Waals surface area (Å²) in [7, 11) is 0. The van der Waals surface area contributed by atoms with Gasteiger partial charge in [0.15, 0.2) is 0 Å². The number of benzene rings is 2. The van der Waals surface area contributed by atoms with Crippen molar-refractivity contribution in [1.82, 2.24) is 10.2 Å². The van der Waals surface area contributed by atoms with Crippen molar-refractivity contribution in [2.75, 3.05) is 0 Å². The molecule has 2 aromatic carbocycles. The Bertz CT molecular complexity index is 761. The summed E-state index contributed by atoms with van der Waals surface area (Å²) in [4.78, 5) is 0. The highest BCUT2D eigenvalue weighted by molar-refractivity contribution is 5.59. The minimum absolute atomic E-state index is 0.354. The summed E-state index contributed by atoms with van der Waals surface area (Å²) >= 11 is 0. The van der Waals surface area contributed by atoms with Crippen molar-refractivity contribution in [2.24, 2.45) is 0 Å². The summed E-state index contributed by atoms with van der Waals surface area (Å²) in [5, 5.41) is 7.09. The average Bonchev–Trinajstić information content (AvgIpc) is 2.96. The Kier molecular flexibility index (Phi) is 3.71. The Morgan fingerprint density at radius 3 is 2.41 bits per heavy atom. The summed E-state index contributed by atoms with van der Waals surface area (Å²) in [5.41, 5.74) is 2.50. The highest BCUT2D eigenvalue weighted by Crippen LogP contribution is 2.30. The van der Waals surface area contributed by atoms with Gasteiger partial charge in [0.25, 0.3) is 0 Å². The molecule has 112 valence electrons. The summed E-state index contributed by atoms with van der Waals surface area (Å²) < 4.78 is 38.1. The molecule has 5 heteroatoms. The molecular weight excluding hydrogens is 289 g/mol. The SMILES string of the molecule is FC(F)(F)c1cccc(Cc2cc(-c3ccccc3)[nH]n2)c1. The normalized spacial score (nSPS) is 11.6. The second kappa shape index (κ2) is 5.67. The van der Waals surface area contributed by atoms with Gasteiger partial charge in [-0.3, -0.25) is 5.10 Å². The average molecular weight is 302 g/mol. The number of aromatic nitrogens is 2. The van der Waals surface area contributed by atoms with Crippen LogP contribution < -0.4 is 0 Å². The van der Waals surface area contributed by atoms with Gasteiger partial charge in [0, 0.05) is 6.42 Å². The molecule has 2 nitrogen and oxygen atoms in total. The van der Waals surface area contributed by atoms with Crippen LogP contribution in [0.3, 0.4) is 0 Å². The first-order chi connectivity index (χ1) is 10.5. The van der Waals surface area contributed by atoms with E-state index in [-0.39, 0.29) is 0 Å². The van der Waals surface area contributed by atoms with Crippen molar-refractivity contribution in [1.29, 1.82) is 0 Å². The third kappa shape index (κ3) is 3.19. The van der Waals surface area contributed by atoms with Crippen LogP contribution in [0.25, 0.3) is 11.3 Å². The van der Waals surface area contributed by atoms with Gasteiger partial charge >= 0.3 is 6.18 Å². The Balaban J connectivity index is 1.81. The standard InChI is InChI=1S/C17H13F3N2/c18-17(19,20)14-8-4-5-12(9-14)10-15-11-16(22-21-15)13-6-2-1-3-7-13/h1-9,11H,10H2,(H,21,22). The van der Waals surface area contributed by atoms with Crippen molar-refractivity contribution in [3.8, 4) is 11.3 Å². The lowest BCUT2D eigenvalue weighted by Gasteiger charge is -2.07. The molecule has 3 aromatic rings. The smallest absolute Gasteiger partial charge is 0.278 e. The fraction of sp³-hybridized carbons (Fsp3) is 0.118. The molecule has 1 heterocycles. The first kappa shape index (κ1) is 14.4. The summed E-state index contributed by atoms with van der Waals surface area (Å²) in [6, 6.07) is 16.8. The molecule has 3 rings (SSSR count). The first-order valence-corrected chi connectivity index (χ1v) is 6.78. The molecule has 0 radical (unpaired) electrons. The number of nitrogens with one attached hydrogen (secondary N) is 1. The van der Waals surface area contributed by atoms with E-state index in [1.807, 2.05) is 36.4 Å². The summed E-state index contributed by atoms with van der Waals surface area (Å²) in [5.74, 6) is 0. The van der Waals surface area contributed by atoms with E-state index in [9.17, 15) is 13.2 Å². The van der Waals surface area contributed by atoms with Gasteiger partial charge in [-0.05, 0) is 23.3 Å². The van der Waals surface area contributed by atoms with Crippen LogP contribution in [0.5, 0.6) is 0 Å². The van der Waals surface area contributed by atoms with Crippen LogP contribution in [0.2, 0.25) is 0 Å². The van der Waals surface area contributed by atoms with E-state index < -0.39 is 11.7 Å². The van der Waals surface area contributed by atoms with Gasteiger partial charge in [-0.25, -0.2) is 0 Å². The van der Waals surface area contributed by atoms with Gasteiger partial charge in [-0.2, -0.15) is 18.3 Å². The molecule has 0 amide bonds. The molecule has 0 aliphatic rings. The highest BCUT2D eigenvalue weighted by atomic mass is 19.4. The quantitative estimate of drug-likeness (QED) is 0.747. The van der Waals surface area contributed by atoms with E-state index >= 15 is 0 Å². The molecule has 1 aromatic heterocycles. The van der Waals surface area contributed by atoms with Gasteiger partial charge in [-0.15, -0.1) is 0 Å². The number of hydrogen-bond acceptors (Lipinski definition) is 1. The zero-order valence-electron chi connectivity index (χ0n) is 11.6. The van der Waals surface area contributed by atoms with Crippen molar-refractivity contribution in [2.45, 2.75) is 12.6 Å². The Hall–Kier alpha value is -2.56. The molecule has 0 aliphatic carbocycles. The fourth-order valence-electron chi connectivity index (χ4n) is 2.29. The van der Waals surface area contributed by atoms with Gasteiger partial charge in [-0.1, -0.05) is 48.5 Å². The second-order valence-corrected chi connectivity index (χ2v) is 5.01. The molecule has 0 fully saturated rings. The van der Waals surface area contributed by atoms with Crippen LogP contribution in [0, 0.1) is 0 Å². The van der Waals surface area contributed by atoms with Crippen molar-refractivity contribution in [3.05, 3.63) is 77.5 Å².